The van der Waals surface area contributed by atoms with Gasteiger partial charge in [0.15, 0.2) is 23.0 Å². The van der Waals surface area contributed by atoms with Crippen molar-refractivity contribution < 1.29 is 28.4 Å². The summed E-state index contributed by atoms with van der Waals surface area (Å²) in [6, 6.07) is 21.3. The van der Waals surface area contributed by atoms with Crippen LogP contribution in [0.5, 0.6) is 34.5 Å². The average Bonchev–Trinajstić information content (AvgIpc) is 3.57. The standard InChI is InChI=1S/C43H59N5O6S/c1-2-3-18-49-36-26-32(27-37(50-19-4-13-44)42(36)53-22-7-16-47)30-9-11-40-34(24-30)35-25-31(10-12-41(35)55-40)33-28-38(51-20-5-14-45)43(54-23-8-17-48)39(29-33)52-21-6-15-46/h9-12,24-29H,2-8,13-23,44-48H2,1H3. The Morgan fingerprint density at radius 2 is 0.727 bits per heavy atom. The predicted octanol–water partition coefficient (Wildman–Crippen LogP) is 7.21. The summed E-state index contributed by atoms with van der Waals surface area (Å²) in [5, 5.41) is 2.31. The van der Waals surface area contributed by atoms with Crippen molar-refractivity contribution in [1.82, 2.24) is 0 Å². The van der Waals surface area contributed by atoms with Crippen LogP contribution in [0, 0.1) is 0 Å². The first-order valence-corrected chi connectivity index (χ1v) is 20.5. The zero-order chi connectivity index (χ0) is 38.8. The number of fused-ring (bicyclic) bond motifs is 3. The van der Waals surface area contributed by atoms with Crippen LogP contribution in [0.2, 0.25) is 0 Å². The Bertz CT molecular complexity index is 1740. The number of thiophene rings is 1. The molecule has 5 aromatic rings. The normalized spacial score (nSPS) is 11.3. The molecule has 1 aromatic heterocycles. The van der Waals surface area contributed by atoms with Crippen molar-refractivity contribution >= 4 is 31.5 Å². The van der Waals surface area contributed by atoms with Crippen molar-refractivity contribution in [3.8, 4) is 56.8 Å². The minimum absolute atomic E-state index is 0.448. The van der Waals surface area contributed by atoms with Gasteiger partial charge in [0.1, 0.15) is 0 Å². The van der Waals surface area contributed by atoms with Crippen LogP contribution in [-0.4, -0.2) is 72.4 Å². The maximum Gasteiger partial charge on any atom is 0.203 e. The zero-order valence-electron chi connectivity index (χ0n) is 32.2. The molecule has 0 aliphatic heterocycles. The van der Waals surface area contributed by atoms with Crippen molar-refractivity contribution in [3.63, 3.8) is 0 Å². The Balaban J connectivity index is 1.59. The van der Waals surface area contributed by atoms with E-state index in [-0.39, 0.29) is 0 Å². The van der Waals surface area contributed by atoms with Crippen LogP contribution in [0.25, 0.3) is 42.4 Å². The van der Waals surface area contributed by atoms with Crippen LogP contribution in [0.15, 0.2) is 60.7 Å². The number of rotatable bonds is 26. The fourth-order valence-corrected chi connectivity index (χ4v) is 7.04. The first-order chi connectivity index (χ1) is 27.0. The molecule has 0 atom stereocenters. The summed E-state index contributed by atoms with van der Waals surface area (Å²) in [4.78, 5) is 0. The highest BCUT2D eigenvalue weighted by molar-refractivity contribution is 7.25. The fourth-order valence-electron chi connectivity index (χ4n) is 5.97. The fraction of sp³-hybridized carbons (Fsp3) is 0.442. The Labute approximate surface area is 329 Å². The van der Waals surface area contributed by atoms with E-state index in [1.54, 1.807) is 11.3 Å². The molecule has 0 aliphatic carbocycles. The van der Waals surface area contributed by atoms with E-state index in [0.717, 1.165) is 58.7 Å². The number of ether oxygens (including phenoxy) is 6. The van der Waals surface area contributed by atoms with Crippen LogP contribution in [-0.2, 0) is 0 Å². The minimum atomic E-state index is 0.448. The van der Waals surface area contributed by atoms with Gasteiger partial charge in [0.25, 0.3) is 0 Å². The maximum atomic E-state index is 6.34. The average molecular weight is 774 g/mol. The van der Waals surface area contributed by atoms with Gasteiger partial charge in [0.2, 0.25) is 11.5 Å². The summed E-state index contributed by atoms with van der Waals surface area (Å²) in [6.07, 6.45) is 5.52. The predicted molar refractivity (Wildman–Crippen MR) is 226 cm³/mol. The van der Waals surface area contributed by atoms with Gasteiger partial charge in [0.05, 0.1) is 39.6 Å². The summed E-state index contributed by atoms with van der Waals surface area (Å²) in [5.74, 6) is 3.69. The van der Waals surface area contributed by atoms with Crippen molar-refractivity contribution in [2.45, 2.75) is 51.9 Å². The second-order valence-electron chi connectivity index (χ2n) is 13.3. The van der Waals surface area contributed by atoms with Crippen LogP contribution in [0.1, 0.15) is 51.9 Å². The van der Waals surface area contributed by atoms with Gasteiger partial charge in [-0.05, 0) is 142 Å². The molecule has 0 amide bonds. The second-order valence-corrected chi connectivity index (χ2v) is 14.4. The Hall–Kier alpha value is -4.30. The Kier molecular flexibility index (Phi) is 17.0. The van der Waals surface area contributed by atoms with Gasteiger partial charge < -0.3 is 57.1 Å². The zero-order valence-corrected chi connectivity index (χ0v) is 33.1. The van der Waals surface area contributed by atoms with Gasteiger partial charge in [-0.3, -0.25) is 0 Å². The Morgan fingerprint density at radius 1 is 0.400 bits per heavy atom. The minimum Gasteiger partial charge on any atom is -0.490 e. The van der Waals surface area contributed by atoms with Crippen molar-refractivity contribution in [3.05, 3.63) is 60.7 Å². The topological polar surface area (TPSA) is 185 Å². The van der Waals surface area contributed by atoms with Gasteiger partial charge in [-0.25, -0.2) is 0 Å². The van der Waals surface area contributed by atoms with E-state index in [1.165, 1.54) is 9.40 Å². The summed E-state index contributed by atoms with van der Waals surface area (Å²) < 4.78 is 40.0. The molecule has 11 nitrogen and oxygen atoms in total. The largest absolute Gasteiger partial charge is 0.490 e. The molecule has 4 aromatic carbocycles. The molecular weight excluding hydrogens is 715 g/mol. The molecule has 55 heavy (non-hydrogen) atoms. The molecule has 0 fully saturated rings. The molecule has 10 N–H and O–H groups in total. The van der Waals surface area contributed by atoms with E-state index >= 15 is 0 Å². The molecule has 0 bridgehead atoms. The molecule has 12 heteroatoms. The molecule has 5 rings (SSSR count). The second kappa shape index (κ2) is 22.3. The lowest BCUT2D eigenvalue weighted by molar-refractivity contribution is 0.239. The molecule has 298 valence electrons. The number of hydrogen-bond acceptors (Lipinski definition) is 12. The molecule has 0 spiro atoms. The van der Waals surface area contributed by atoms with Crippen LogP contribution in [0.3, 0.4) is 0 Å². The number of unbranched alkanes of at least 4 members (excludes halogenated alkanes) is 1. The molecule has 0 saturated heterocycles. The summed E-state index contributed by atoms with van der Waals surface area (Å²) >= 11 is 1.77. The molecule has 0 radical (unpaired) electrons. The van der Waals surface area contributed by atoms with Crippen molar-refractivity contribution in [1.29, 1.82) is 0 Å². The molecule has 0 unspecified atom stereocenters. The van der Waals surface area contributed by atoms with Gasteiger partial charge in [-0.1, -0.05) is 25.5 Å². The quantitative estimate of drug-likeness (QED) is 0.0358. The summed E-state index contributed by atoms with van der Waals surface area (Å²) in [6.45, 7) is 7.66. The highest BCUT2D eigenvalue weighted by Crippen LogP contribution is 2.46. The first kappa shape index (κ1) is 41.9. The summed E-state index contributed by atoms with van der Waals surface area (Å²) in [5.41, 5.74) is 33.0. The number of hydrogen-bond donors (Lipinski definition) is 5. The lowest BCUT2D eigenvalue weighted by Gasteiger charge is -2.19. The third-order valence-electron chi connectivity index (χ3n) is 8.94. The highest BCUT2D eigenvalue weighted by atomic mass is 32.1. The molecular formula is C43H59N5O6S. The van der Waals surface area contributed by atoms with Crippen molar-refractivity contribution in [2.24, 2.45) is 28.7 Å². The molecule has 0 saturated carbocycles. The van der Waals surface area contributed by atoms with Crippen molar-refractivity contribution in [2.75, 3.05) is 72.4 Å². The lowest BCUT2D eigenvalue weighted by atomic mass is 9.99. The third kappa shape index (κ3) is 11.4. The highest BCUT2D eigenvalue weighted by Gasteiger charge is 2.20. The van der Waals surface area contributed by atoms with Crippen LogP contribution < -0.4 is 57.1 Å². The van der Waals surface area contributed by atoms with Crippen LogP contribution in [0.4, 0.5) is 0 Å². The smallest absolute Gasteiger partial charge is 0.203 e. The summed E-state index contributed by atoms with van der Waals surface area (Å²) in [7, 11) is 0. The monoisotopic (exact) mass is 773 g/mol. The van der Waals surface area contributed by atoms with Gasteiger partial charge in [-0.15, -0.1) is 11.3 Å². The van der Waals surface area contributed by atoms with Crippen LogP contribution >= 0.6 is 11.3 Å². The van der Waals surface area contributed by atoms with E-state index in [1.807, 2.05) is 18.2 Å². The lowest BCUT2D eigenvalue weighted by Crippen LogP contribution is -2.11. The molecule has 0 aliphatic rings. The first-order valence-electron chi connectivity index (χ1n) is 19.6. The van der Waals surface area contributed by atoms with E-state index in [9.17, 15) is 0 Å². The number of nitrogens with two attached hydrogens (primary N) is 5. The van der Waals surface area contributed by atoms with Gasteiger partial charge >= 0.3 is 0 Å². The number of benzene rings is 4. The van der Waals surface area contributed by atoms with E-state index < -0.39 is 0 Å². The Morgan fingerprint density at radius 3 is 1.05 bits per heavy atom. The van der Waals surface area contributed by atoms with E-state index in [4.69, 9.17) is 57.1 Å². The van der Waals surface area contributed by atoms with Gasteiger partial charge in [-0.2, -0.15) is 0 Å². The maximum absolute atomic E-state index is 6.34. The van der Waals surface area contributed by atoms with E-state index in [0.29, 0.717) is 126 Å². The van der Waals surface area contributed by atoms with Gasteiger partial charge in [0, 0.05) is 20.2 Å². The third-order valence-corrected chi connectivity index (χ3v) is 10.1. The van der Waals surface area contributed by atoms with E-state index in [2.05, 4.69) is 49.4 Å². The SMILES string of the molecule is CCCCOc1cc(-c2ccc3sc4ccc(-c5cc(OCCCN)c(OCCCN)c(OCCCN)c5)cc4c3c2)cc(OCCCN)c1OCCCN. The molecule has 1 heterocycles.